The number of hydrogen-bond acceptors (Lipinski definition) is 2. The van der Waals surface area contributed by atoms with Gasteiger partial charge in [0.05, 0.1) is 6.04 Å². The van der Waals surface area contributed by atoms with Crippen LogP contribution >= 0.6 is 11.6 Å². The SMILES string of the molecule is CC(=O)c1ccccc1CC(c1cccc(Cl)c1)N([O])C(C)(C)C. The molecule has 1 atom stereocenters. The zero-order valence-electron chi connectivity index (χ0n) is 14.5. The molecule has 2 aromatic rings. The lowest BCUT2D eigenvalue weighted by atomic mass is 9.92. The van der Waals surface area contributed by atoms with Crippen molar-refractivity contribution in [3.8, 4) is 0 Å². The van der Waals surface area contributed by atoms with Crippen molar-refractivity contribution in [2.45, 2.75) is 45.7 Å². The quantitative estimate of drug-likeness (QED) is 0.547. The molecule has 0 heterocycles. The summed E-state index contributed by atoms with van der Waals surface area (Å²) in [5, 5.41) is 14.6. The van der Waals surface area contributed by atoms with Crippen LogP contribution in [0, 0.1) is 0 Å². The van der Waals surface area contributed by atoms with E-state index in [4.69, 9.17) is 11.6 Å². The molecule has 0 aromatic heterocycles. The van der Waals surface area contributed by atoms with Crippen LogP contribution in [0.2, 0.25) is 5.02 Å². The molecule has 24 heavy (non-hydrogen) atoms. The van der Waals surface area contributed by atoms with Crippen molar-refractivity contribution in [2.75, 3.05) is 0 Å². The van der Waals surface area contributed by atoms with Gasteiger partial charge in [-0.05, 0) is 57.4 Å². The van der Waals surface area contributed by atoms with Crippen LogP contribution in [0.4, 0.5) is 0 Å². The Kier molecular flexibility index (Phi) is 5.81. The van der Waals surface area contributed by atoms with Gasteiger partial charge in [-0.2, -0.15) is 0 Å². The third kappa shape index (κ3) is 4.44. The van der Waals surface area contributed by atoms with Crippen LogP contribution in [-0.2, 0) is 11.6 Å². The van der Waals surface area contributed by atoms with Gasteiger partial charge in [0.1, 0.15) is 0 Å². The summed E-state index contributed by atoms with van der Waals surface area (Å²) >= 11 is 6.12. The smallest absolute Gasteiger partial charge is 0.160 e. The topological polar surface area (TPSA) is 40.2 Å². The molecular weight excluding hydrogens is 322 g/mol. The van der Waals surface area contributed by atoms with Gasteiger partial charge in [-0.15, -0.1) is 10.3 Å². The molecule has 1 unspecified atom stereocenters. The van der Waals surface area contributed by atoms with Gasteiger partial charge in [0.25, 0.3) is 0 Å². The second kappa shape index (κ2) is 7.47. The van der Waals surface area contributed by atoms with E-state index in [2.05, 4.69) is 0 Å². The summed E-state index contributed by atoms with van der Waals surface area (Å²) in [5.41, 5.74) is 1.83. The van der Waals surface area contributed by atoms with Gasteiger partial charge in [0, 0.05) is 16.1 Å². The first kappa shape index (κ1) is 18.7. The minimum absolute atomic E-state index is 0.00338. The van der Waals surface area contributed by atoms with E-state index in [-0.39, 0.29) is 5.78 Å². The third-order valence-corrected chi connectivity index (χ3v) is 4.22. The van der Waals surface area contributed by atoms with Gasteiger partial charge < -0.3 is 0 Å². The Hall–Kier alpha value is -1.68. The Balaban J connectivity index is 2.46. The van der Waals surface area contributed by atoms with Crippen molar-refractivity contribution in [1.29, 1.82) is 0 Å². The minimum Gasteiger partial charge on any atom is -0.295 e. The highest BCUT2D eigenvalue weighted by molar-refractivity contribution is 6.30. The largest absolute Gasteiger partial charge is 0.295 e. The molecule has 0 spiro atoms. The summed E-state index contributed by atoms with van der Waals surface area (Å²) in [5.74, 6) is 0.00338. The molecule has 2 rings (SSSR count). The summed E-state index contributed by atoms with van der Waals surface area (Å²) < 4.78 is 0. The summed E-state index contributed by atoms with van der Waals surface area (Å²) in [6.07, 6.45) is 0.455. The Labute approximate surface area is 148 Å². The molecule has 4 heteroatoms. The molecule has 0 bridgehead atoms. The normalized spacial score (nSPS) is 13.1. The Morgan fingerprint density at radius 3 is 2.38 bits per heavy atom. The number of carbonyl (C=O) groups excluding carboxylic acids is 1. The Morgan fingerprint density at radius 2 is 1.79 bits per heavy atom. The fourth-order valence-electron chi connectivity index (χ4n) is 2.77. The van der Waals surface area contributed by atoms with E-state index in [1.54, 1.807) is 19.1 Å². The molecule has 0 aliphatic heterocycles. The lowest BCUT2D eigenvalue weighted by Gasteiger charge is -2.35. The molecule has 127 valence electrons. The first-order valence-electron chi connectivity index (χ1n) is 8.01. The molecule has 0 aliphatic carbocycles. The van der Waals surface area contributed by atoms with Crippen molar-refractivity contribution in [3.05, 3.63) is 70.2 Å². The maximum absolute atomic E-state index is 13.0. The Bertz CT molecular complexity index is 722. The molecule has 3 nitrogen and oxygen atoms in total. The number of nitrogens with zero attached hydrogens (tertiary/aromatic N) is 1. The number of hydroxylamine groups is 2. The predicted octanol–water partition coefficient (Wildman–Crippen LogP) is 5.27. The van der Waals surface area contributed by atoms with Crippen LogP contribution in [0.3, 0.4) is 0 Å². The molecule has 0 amide bonds. The second-order valence-electron chi connectivity index (χ2n) is 6.98. The fraction of sp³-hybridized carbons (Fsp3) is 0.350. The number of Topliss-reactive ketones (excluding diaryl/α,β-unsaturated/α-hetero) is 1. The van der Waals surface area contributed by atoms with Crippen LogP contribution in [0.1, 0.15) is 55.2 Å². The van der Waals surface area contributed by atoms with E-state index in [0.717, 1.165) is 16.2 Å². The van der Waals surface area contributed by atoms with E-state index in [1.807, 2.05) is 57.2 Å². The first-order chi connectivity index (χ1) is 11.2. The third-order valence-electron chi connectivity index (χ3n) is 3.99. The number of hydrogen-bond donors (Lipinski definition) is 0. The summed E-state index contributed by atoms with van der Waals surface area (Å²) in [6.45, 7) is 7.20. The molecule has 0 saturated heterocycles. The highest BCUT2D eigenvalue weighted by Crippen LogP contribution is 2.32. The molecule has 1 radical (unpaired) electrons. The van der Waals surface area contributed by atoms with E-state index >= 15 is 0 Å². The van der Waals surface area contributed by atoms with Gasteiger partial charge in [0.2, 0.25) is 0 Å². The molecule has 0 N–H and O–H groups in total. The van der Waals surface area contributed by atoms with Gasteiger partial charge in [-0.3, -0.25) is 4.79 Å². The maximum atomic E-state index is 13.0. The molecule has 0 fully saturated rings. The van der Waals surface area contributed by atoms with Crippen LogP contribution in [0.15, 0.2) is 48.5 Å². The lowest BCUT2D eigenvalue weighted by Crippen LogP contribution is -2.41. The van der Waals surface area contributed by atoms with Gasteiger partial charge in [-0.25, -0.2) is 0 Å². The summed E-state index contributed by atoms with van der Waals surface area (Å²) in [7, 11) is 0. The maximum Gasteiger partial charge on any atom is 0.160 e. The van der Waals surface area contributed by atoms with Crippen molar-refractivity contribution in [2.24, 2.45) is 0 Å². The van der Waals surface area contributed by atoms with E-state index in [9.17, 15) is 10.0 Å². The monoisotopic (exact) mass is 344 g/mol. The van der Waals surface area contributed by atoms with E-state index in [0.29, 0.717) is 17.0 Å². The second-order valence-corrected chi connectivity index (χ2v) is 7.42. The van der Waals surface area contributed by atoms with Crippen molar-refractivity contribution in [1.82, 2.24) is 5.06 Å². The van der Waals surface area contributed by atoms with E-state index < -0.39 is 11.6 Å². The number of carbonyl (C=O) groups is 1. The van der Waals surface area contributed by atoms with E-state index in [1.165, 1.54) is 0 Å². The highest BCUT2D eigenvalue weighted by atomic mass is 35.5. The predicted molar refractivity (Wildman–Crippen MR) is 96.6 cm³/mol. The van der Waals surface area contributed by atoms with Crippen molar-refractivity contribution >= 4 is 17.4 Å². The van der Waals surface area contributed by atoms with Crippen molar-refractivity contribution < 1.29 is 10.0 Å². The molecule has 0 saturated carbocycles. The average molecular weight is 345 g/mol. The van der Waals surface area contributed by atoms with Gasteiger partial charge in [0.15, 0.2) is 5.78 Å². The molecule has 0 aliphatic rings. The average Bonchev–Trinajstić information content (AvgIpc) is 2.51. The number of halogens is 1. The number of benzene rings is 2. The van der Waals surface area contributed by atoms with Crippen LogP contribution < -0.4 is 0 Å². The molecule has 2 aromatic carbocycles. The van der Waals surface area contributed by atoms with Crippen LogP contribution in [-0.4, -0.2) is 16.4 Å². The zero-order valence-corrected chi connectivity index (χ0v) is 15.3. The van der Waals surface area contributed by atoms with Crippen molar-refractivity contribution in [3.63, 3.8) is 0 Å². The van der Waals surface area contributed by atoms with Gasteiger partial charge >= 0.3 is 0 Å². The van der Waals surface area contributed by atoms with Crippen LogP contribution in [0.25, 0.3) is 0 Å². The number of rotatable bonds is 5. The fourth-order valence-corrected chi connectivity index (χ4v) is 2.97. The number of ketones is 1. The zero-order chi connectivity index (χ0) is 17.9. The summed E-state index contributed by atoms with van der Waals surface area (Å²) in [6, 6.07) is 14.4. The summed E-state index contributed by atoms with van der Waals surface area (Å²) in [4.78, 5) is 11.9. The standard InChI is InChI=1S/C20H23ClNO2/c1-14(23)18-11-6-5-8-15(18)13-19(22(24)20(2,3)4)16-9-7-10-17(21)12-16/h5-12,19H,13H2,1-4H3. The lowest BCUT2D eigenvalue weighted by molar-refractivity contribution is -0.241. The minimum atomic E-state index is -0.557. The highest BCUT2D eigenvalue weighted by Gasteiger charge is 2.31. The first-order valence-corrected chi connectivity index (χ1v) is 8.38. The Morgan fingerprint density at radius 1 is 1.12 bits per heavy atom. The van der Waals surface area contributed by atoms with Gasteiger partial charge in [-0.1, -0.05) is 48.0 Å². The van der Waals surface area contributed by atoms with Crippen LogP contribution in [0.5, 0.6) is 0 Å². The molecular formula is C20H23ClNO2.